The SMILES string of the molecule is CC/C(C)=C1\C=NC(Nc2nc3c(-c4c(C)cc(/C=C/N)cc4C)cccc3c(=O)[nH]2)=CC1C. The summed E-state index contributed by atoms with van der Waals surface area (Å²) in [4.78, 5) is 25.2. The summed E-state index contributed by atoms with van der Waals surface area (Å²) in [6.45, 7) is 10.6. The Balaban J connectivity index is 1.79. The van der Waals surface area contributed by atoms with Gasteiger partial charge in [0.05, 0.1) is 10.9 Å². The number of nitrogens with zero attached hydrogens (tertiary/aromatic N) is 2. The smallest absolute Gasteiger partial charge is 0.260 e. The van der Waals surface area contributed by atoms with Gasteiger partial charge in [-0.05, 0) is 79.4 Å². The number of nitrogens with one attached hydrogen (secondary N) is 2. The molecule has 174 valence electrons. The highest BCUT2D eigenvalue weighted by molar-refractivity contribution is 5.95. The fraction of sp³-hybridized carbons (Fsp3) is 0.250. The van der Waals surface area contributed by atoms with Gasteiger partial charge in [0, 0.05) is 17.7 Å². The lowest BCUT2D eigenvalue weighted by molar-refractivity contribution is 0.851. The molecule has 0 saturated carbocycles. The highest BCUT2D eigenvalue weighted by Crippen LogP contribution is 2.33. The summed E-state index contributed by atoms with van der Waals surface area (Å²) in [7, 11) is 0. The first-order chi connectivity index (χ1) is 16.3. The minimum absolute atomic E-state index is 0.191. The first kappa shape index (κ1) is 23.2. The van der Waals surface area contributed by atoms with Crippen LogP contribution in [-0.4, -0.2) is 16.2 Å². The number of aromatic nitrogens is 2. The molecule has 2 aromatic carbocycles. The van der Waals surface area contributed by atoms with Crippen LogP contribution in [0.4, 0.5) is 5.95 Å². The van der Waals surface area contributed by atoms with Crippen molar-refractivity contribution in [3.8, 4) is 11.1 Å². The number of hydrogen-bond donors (Lipinski definition) is 3. The van der Waals surface area contributed by atoms with Gasteiger partial charge in [0.25, 0.3) is 5.56 Å². The zero-order valence-electron chi connectivity index (χ0n) is 20.4. The van der Waals surface area contributed by atoms with Crippen LogP contribution in [0.2, 0.25) is 0 Å². The van der Waals surface area contributed by atoms with Crippen LogP contribution in [-0.2, 0) is 0 Å². The summed E-state index contributed by atoms with van der Waals surface area (Å²) in [5.74, 6) is 1.28. The largest absolute Gasteiger partial charge is 0.405 e. The third-order valence-corrected chi connectivity index (χ3v) is 6.36. The van der Waals surface area contributed by atoms with Crippen molar-refractivity contribution in [2.24, 2.45) is 16.6 Å². The molecule has 1 aliphatic heterocycles. The van der Waals surface area contributed by atoms with Crippen LogP contribution in [0.25, 0.3) is 28.1 Å². The Labute approximate surface area is 200 Å². The van der Waals surface area contributed by atoms with Crippen molar-refractivity contribution in [2.45, 2.75) is 41.0 Å². The third-order valence-electron chi connectivity index (χ3n) is 6.36. The van der Waals surface area contributed by atoms with Gasteiger partial charge < -0.3 is 11.1 Å². The van der Waals surface area contributed by atoms with Gasteiger partial charge >= 0.3 is 0 Å². The first-order valence-corrected chi connectivity index (χ1v) is 11.6. The second-order valence-corrected chi connectivity index (χ2v) is 8.82. The van der Waals surface area contributed by atoms with E-state index in [1.54, 1.807) is 6.07 Å². The Morgan fingerprint density at radius 1 is 1.24 bits per heavy atom. The molecule has 0 fully saturated rings. The van der Waals surface area contributed by atoms with E-state index in [0.29, 0.717) is 22.7 Å². The van der Waals surface area contributed by atoms with E-state index in [2.05, 4.69) is 68.1 Å². The van der Waals surface area contributed by atoms with Gasteiger partial charge in [0.15, 0.2) is 0 Å². The number of para-hydroxylation sites is 1. The molecule has 0 aliphatic carbocycles. The van der Waals surface area contributed by atoms with Gasteiger partial charge in [-0.15, -0.1) is 0 Å². The number of H-pyrrole nitrogens is 1. The molecule has 4 N–H and O–H groups in total. The van der Waals surface area contributed by atoms with Crippen LogP contribution in [0.15, 0.2) is 69.4 Å². The monoisotopic (exact) mass is 453 g/mol. The second kappa shape index (κ2) is 9.51. The highest BCUT2D eigenvalue weighted by atomic mass is 16.1. The van der Waals surface area contributed by atoms with Gasteiger partial charge in [0.2, 0.25) is 5.95 Å². The molecule has 34 heavy (non-hydrogen) atoms. The van der Waals surface area contributed by atoms with Crippen molar-refractivity contribution >= 4 is 29.1 Å². The molecule has 0 saturated heterocycles. The van der Waals surface area contributed by atoms with Crippen LogP contribution >= 0.6 is 0 Å². The number of anilines is 1. The van der Waals surface area contributed by atoms with E-state index < -0.39 is 0 Å². The van der Waals surface area contributed by atoms with Crippen molar-refractivity contribution in [3.05, 3.63) is 86.6 Å². The quantitative estimate of drug-likeness (QED) is 0.452. The van der Waals surface area contributed by atoms with E-state index in [-0.39, 0.29) is 11.5 Å². The number of rotatable bonds is 5. The van der Waals surface area contributed by atoms with Gasteiger partial charge in [-0.3, -0.25) is 9.78 Å². The number of aliphatic imine (C=N–C) groups is 1. The molecule has 3 aromatic rings. The van der Waals surface area contributed by atoms with E-state index in [9.17, 15) is 4.79 Å². The zero-order valence-corrected chi connectivity index (χ0v) is 20.4. The molecule has 1 atom stereocenters. The predicted octanol–water partition coefficient (Wildman–Crippen LogP) is 5.84. The van der Waals surface area contributed by atoms with Crippen LogP contribution in [0.3, 0.4) is 0 Å². The maximum Gasteiger partial charge on any atom is 0.260 e. The third kappa shape index (κ3) is 4.44. The van der Waals surface area contributed by atoms with Crippen molar-refractivity contribution in [1.29, 1.82) is 0 Å². The van der Waals surface area contributed by atoms with Crippen molar-refractivity contribution in [2.75, 3.05) is 5.32 Å². The van der Waals surface area contributed by atoms with Crippen LogP contribution in [0.5, 0.6) is 0 Å². The lowest BCUT2D eigenvalue weighted by Crippen LogP contribution is -2.16. The summed E-state index contributed by atoms with van der Waals surface area (Å²) < 4.78 is 0. The second-order valence-electron chi connectivity index (χ2n) is 8.82. The summed E-state index contributed by atoms with van der Waals surface area (Å²) in [5.41, 5.74) is 13.8. The molecule has 0 bridgehead atoms. The molecule has 0 amide bonds. The molecule has 4 rings (SSSR count). The zero-order chi connectivity index (χ0) is 24.4. The molecule has 2 heterocycles. The van der Waals surface area contributed by atoms with Crippen LogP contribution in [0.1, 0.15) is 43.9 Å². The Hall–Kier alpha value is -3.93. The number of benzene rings is 2. The summed E-state index contributed by atoms with van der Waals surface area (Å²) in [6.07, 6.45) is 8.37. The van der Waals surface area contributed by atoms with Crippen molar-refractivity contribution in [3.63, 3.8) is 0 Å². The van der Waals surface area contributed by atoms with Crippen LogP contribution < -0.4 is 16.6 Å². The Bertz CT molecular complexity index is 1420. The Kier molecular flexibility index (Phi) is 6.50. The van der Waals surface area contributed by atoms with E-state index >= 15 is 0 Å². The van der Waals surface area contributed by atoms with E-state index in [1.165, 1.54) is 17.3 Å². The van der Waals surface area contributed by atoms with Gasteiger partial charge in [-0.2, -0.15) is 0 Å². The fourth-order valence-electron chi connectivity index (χ4n) is 4.58. The average molecular weight is 454 g/mol. The number of nitrogens with two attached hydrogens (primary N) is 1. The number of fused-ring (bicyclic) bond motifs is 1. The molecule has 1 unspecified atom stereocenters. The fourth-order valence-corrected chi connectivity index (χ4v) is 4.58. The minimum atomic E-state index is -0.191. The lowest BCUT2D eigenvalue weighted by atomic mass is 9.92. The van der Waals surface area contributed by atoms with Crippen molar-refractivity contribution in [1.82, 2.24) is 9.97 Å². The summed E-state index contributed by atoms with van der Waals surface area (Å²) in [5, 5.41) is 3.75. The number of hydrogen-bond acceptors (Lipinski definition) is 5. The predicted molar refractivity (Wildman–Crippen MR) is 143 cm³/mol. The van der Waals surface area contributed by atoms with E-state index in [1.807, 2.05) is 24.4 Å². The van der Waals surface area contributed by atoms with Crippen LogP contribution in [0, 0.1) is 19.8 Å². The Morgan fingerprint density at radius 2 is 1.97 bits per heavy atom. The number of aryl methyl sites for hydroxylation is 2. The maximum atomic E-state index is 13.0. The summed E-state index contributed by atoms with van der Waals surface area (Å²) in [6, 6.07) is 9.88. The molecule has 0 radical (unpaired) electrons. The standard InChI is InChI=1S/C28H31N5O/c1-6-16(2)23-15-30-24(14-17(23)3)31-28-32-26-21(8-7-9-22(26)27(34)33-28)25-18(4)12-20(10-11-29)13-19(25)5/h7-15,17H,6,29H2,1-5H3,(H2,31,32,33,34)/b11-10+,23-16+. The Morgan fingerprint density at radius 3 is 2.62 bits per heavy atom. The lowest BCUT2D eigenvalue weighted by Gasteiger charge is -2.18. The van der Waals surface area contributed by atoms with Crippen molar-refractivity contribution < 1.29 is 0 Å². The van der Waals surface area contributed by atoms with E-state index in [0.717, 1.165) is 34.2 Å². The highest BCUT2D eigenvalue weighted by Gasteiger charge is 2.16. The molecule has 1 aliphatic rings. The maximum absolute atomic E-state index is 13.0. The van der Waals surface area contributed by atoms with E-state index in [4.69, 9.17) is 10.7 Å². The molecule has 1 aromatic heterocycles. The van der Waals surface area contributed by atoms with Gasteiger partial charge in [0.1, 0.15) is 5.82 Å². The van der Waals surface area contributed by atoms with Gasteiger partial charge in [-0.25, -0.2) is 9.98 Å². The topological polar surface area (TPSA) is 96.2 Å². The minimum Gasteiger partial charge on any atom is -0.405 e. The molecule has 6 nitrogen and oxygen atoms in total. The normalized spacial score (nSPS) is 17.3. The molecular formula is C28H31N5O. The number of allylic oxidation sites excluding steroid dienone is 3. The molecular weight excluding hydrogens is 422 g/mol. The summed E-state index contributed by atoms with van der Waals surface area (Å²) >= 11 is 0. The number of aromatic amines is 1. The van der Waals surface area contributed by atoms with Gasteiger partial charge in [-0.1, -0.05) is 43.7 Å². The first-order valence-electron chi connectivity index (χ1n) is 11.6. The molecule has 0 spiro atoms. The average Bonchev–Trinajstić information content (AvgIpc) is 2.79. The molecule has 6 heteroatoms.